The number of ketones is 1. The monoisotopic (exact) mass is 201 g/mol. The van der Waals surface area contributed by atoms with Crippen LogP contribution in [0.4, 0.5) is 0 Å². The van der Waals surface area contributed by atoms with Crippen molar-refractivity contribution in [1.29, 1.82) is 0 Å². The van der Waals surface area contributed by atoms with Gasteiger partial charge in [-0.15, -0.1) is 0 Å². The van der Waals surface area contributed by atoms with Gasteiger partial charge in [-0.2, -0.15) is 0 Å². The summed E-state index contributed by atoms with van der Waals surface area (Å²) in [7, 11) is 1.69. The molecule has 0 spiro atoms. The summed E-state index contributed by atoms with van der Waals surface area (Å²) < 4.78 is 5.04. The van der Waals surface area contributed by atoms with Gasteiger partial charge >= 0.3 is 0 Å². The minimum Gasteiger partial charge on any atom is -0.383 e. The topological polar surface area (TPSA) is 29.5 Å². The van der Waals surface area contributed by atoms with Crippen LogP contribution in [0.15, 0.2) is 0 Å². The Hall–Kier alpha value is -0.410. The van der Waals surface area contributed by atoms with E-state index in [4.69, 9.17) is 4.74 Å². The van der Waals surface area contributed by atoms with Gasteiger partial charge in [-0.1, -0.05) is 6.92 Å². The van der Waals surface area contributed by atoms with Crippen molar-refractivity contribution < 1.29 is 9.53 Å². The minimum atomic E-state index is 0.0000926. The number of hydrogen-bond donors (Lipinski definition) is 0. The van der Waals surface area contributed by atoms with Crippen molar-refractivity contribution in [2.75, 3.05) is 20.3 Å². The van der Waals surface area contributed by atoms with E-state index in [9.17, 15) is 4.79 Å². The van der Waals surface area contributed by atoms with Crippen LogP contribution in [0.3, 0.4) is 0 Å². The molecule has 0 aromatic heterocycles. The number of hydrogen-bond acceptors (Lipinski definition) is 3. The van der Waals surface area contributed by atoms with Gasteiger partial charge in [-0.05, 0) is 27.2 Å². The van der Waals surface area contributed by atoms with Gasteiger partial charge in [0.2, 0.25) is 0 Å². The van der Waals surface area contributed by atoms with Crippen molar-refractivity contribution in [1.82, 2.24) is 4.90 Å². The van der Waals surface area contributed by atoms with Crippen molar-refractivity contribution in [3.05, 3.63) is 0 Å². The van der Waals surface area contributed by atoms with Gasteiger partial charge in [0.25, 0.3) is 0 Å². The molecule has 0 fully saturated rings. The quantitative estimate of drug-likeness (QED) is 0.628. The van der Waals surface area contributed by atoms with Gasteiger partial charge in [0.1, 0.15) is 5.78 Å². The van der Waals surface area contributed by atoms with E-state index in [1.165, 1.54) is 0 Å². The molecule has 0 N–H and O–H groups in total. The summed E-state index contributed by atoms with van der Waals surface area (Å²) in [5, 5.41) is 0. The first-order valence-corrected chi connectivity index (χ1v) is 5.29. The fourth-order valence-electron chi connectivity index (χ4n) is 1.46. The van der Waals surface area contributed by atoms with Crippen LogP contribution in [0, 0.1) is 0 Å². The Labute approximate surface area is 87.4 Å². The molecule has 0 aromatic carbocycles. The standard InChI is InChI=1S/C11H23NO2/c1-6-9(2)12(7-8-14-5)10(3)11(4)13/h9-10H,6-8H2,1-5H3. The van der Waals surface area contributed by atoms with Crippen molar-refractivity contribution >= 4 is 5.78 Å². The molecule has 14 heavy (non-hydrogen) atoms. The van der Waals surface area contributed by atoms with E-state index in [2.05, 4.69) is 18.7 Å². The highest BCUT2D eigenvalue weighted by atomic mass is 16.5. The molecule has 0 radical (unpaired) electrons. The molecule has 2 unspecified atom stereocenters. The van der Waals surface area contributed by atoms with E-state index in [1.54, 1.807) is 14.0 Å². The predicted molar refractivity (Wildman–Crippen MR) is 58.5 cm³/mol. The third-order valence-electron chi connectivity index (χ3n) is 2.80. The molecule has 3 nitrogen and oxygen atoms in total. The Bertz CT molecular complexity index is 171. The lowest BCUT2D eigenvalue weighted by Crippen LogP contribution is -2.45. The number of methoxy groups -OCH3 is 1. The fraction of sp³-hybridized carbons (Fsp3) is 0.909. The fourth-order valence-corrected chi connectivity index (χ4v) is 1.46. The molecule has 0 aliphatic heterocycles. The molecule has 0 amide bonds. The number of rotatable bonds is 7. The normalized spacial score (nSPS) is 15.6. The molecular weight excluding hydrogens is 178 g/mol. The SMILES string of the molecule is CCC(C)N(CCOC)C(C)C(C)=O. The van der Waals surface area contributed by atoms with Gasteiger partial charge in [-0.25, -0.2) is 0 Å². The number of carbonyl (C=O) groups is 1. The van der Waals surface area contributed by atoms with Crippen LogP contribution in [-0.4, -0.2) is 43.0 Å². The third-order valence-corrected chi connectivity index (χ3v) is 2.80. The molecule has 0 heterocycles. The Balaban J connectivity index is 4.29. The second kappa shape index (κ2) is 6.96. The second-order valence-electron chi connectivity index (χ2n) is 3.77. The van der Waals surface area contributed by atoms with Crippen LogP contribution in [-0.2, 0) is 9.53 Å². The van der Waals surface area contributed by atoms with Gasteiger partial charge in [0.15, 0.2) is 0 Å². The molecule has 84 valence electrons. The van der Waals surface area contributed by atoms with E-state index in [1.807, 2.05) is 6.92 Å². The van der Waals surface area contributed by atoms with Gasteiger partial charge < -0.3 is 4.74 Å². The second-order valence-corrected chi connectivity index (χ2v) is 3.77. The zero-order valence-corrected chi connectivity index (χ0v) is 10.0. The molecule has 2 atom stereocenters. The number of carbonyl (C=O) groups excluding carboxylic acids is 1. The van der Waals surface area contributed by atoms with Crippen molar-refractivity contribution in [3.63, 3.8) is 0 Å². The van der Waals surface area contributed by atoms with Crippen molar-refractivity contribution in [3.8, 4) is 0 Å². The van der Waals surface area contributed by atoms with Gasteiger partial charge in [0, 0.05) is 19.7 Å². The summed E-state index contributed by atoms with van der Waals surface area (Å²) in [6.07, 6.45) is 1.06. The lowest BCUT2D eigenvalue weighted by molar-refractivity contribution is -0.122. The maximum atomic E-state index is 11.3. The predicted octanol–water partition coefficient (Wildman–Crippen LogP) is 1.71. The maximum absolute atomic E-state index is 11.3. The van der Waals surface area contributed by atoms with Crippen LogP contribution in [0.1, 0.15) is 34.1 Å². The van der Waals surface area contributed by atoms with E-state index in [-0.39, 0.29) is 11.8 Å². The van der Waals surface area contributed by atoms with E-state index in [0.717, 1.165) is 13.0 Å². The van der Waals surface area contributed by atoms with Crippen molar-refractivity contribution in [2.45, 2.75) is 46.2 Å². The zero-order chi connectivity index (χ0) is 11.1. The molecule has 0 rings (SSSR count). The van der Waals surface area contributed by atoms with E-state index >= 15 is 0 Å². The van der Waals surface area contributed by atoms with E-state index in [0.29, 0.717) is 12.6 Å². The third kappa shape index (κ3) is 4.20. The Morgan fingerprint density at radius 1 is 1.43 bits per heavy atom. The average molecular weight is 201 g/mol. The summed E-state index contributed by atoms with van der Waals surface area (Å²) in [6, 6.07) is 0.434. The summed E-state index contributed by atoms with van der Waals surface area (Å²) in [5.41, 5.74) is 0. The Kier molecular flexibility index (Phi) is 6.75. The summed E-state index contributed by atoms with van der Waals surface area (Å²) in [5.74, 6) is 0.224. The first-order chi connectivity index (χ1) is 6.54. The number of ether oxygens (including phenoxy) is 1. The van der Waals surface area contributed by atoms with Gasteiger partial charge in [0.05, 0.1) is 12.6 Å². The molecule has 0 aromatic rings. The van der Waals surface area contributed by atoms with Crippen molar-refractivity contribution in [2.24, 2.45) is 0 Å². The Morgan fingerprint density at radius 3 is 2.36 bits per heavy atom. The highest BCUT2D eigenvalue weighted by Gasteiger charge is 2.21. The summed E-state index contributed by atoms with van der Waals surface area (Å²) in [6.45, 7) is 9.40. The Morgan fingerprint density at radius 2 is 2.00 bits per heavy atom. The number of nitrogens with zero attached hydrogens (tertiary/aromatic N) is 1. The first kappa shape index (κ1) is 13.6. The molecule has 0 saturated heterocycles. The highest BCUT2D eigenvalue weighted by molar-refractivity contribution is 5.80. The highest BCUT2D eigenvalue weighted by Crippen LogP contribution is 2.09. The largest absolute Gasteiger partial charge is 0.383 e. The summed E-state index contributed by atoms with van der Waals surface area (Å²) in [4.78, 5) is 13.5. The lowest BCUT2D eigenvalue weighted by Gasteiger charge is -2.32. The van der Waals surface area contributed by atoms with Crippen LogP contribution in [0.2, 0.25) is 0 Å². The van der Waals surface area contributed by atoms with Crippen LogP contribution in [0.5, 0.6) is 0 Å². The van der Waals surface area contributed by atoms with Crippen LogP contribution >= 0.6 is 0 Å². The lowest BCUT2D eigenvalue weighted by atomic mass is 10.1. The molecule has 3 heteroatoms. The summed E-state index contributed by atoms with van der Waals surface area (Å²) >= 11 is 0. The smallest absolute Gasteiger partial charge is 0.146 e. The molecule has 0 aliphatic rings. The first-order valence-electron chi connectivity index (χ1n) is 5.29. The minimum absolute atomic E-state index is 0.0000926. The number of Topliss-reactive ketones (excluding diaryl/α,β-unsaturated/α-hetero) is 1. The van der Waals surface area contributed by atoms with Crippen LogP contribution < -0.4 is 0 Å². The average Bonchev–Trinajstić information content (AvgIpc) is 2.17. The van der Waals surface area contributed by atoms with E-state index < -0.39 is 0 Å². The maximum Gasteiger partial charge on any atom is 0.146 e. The van der Waals surface area contributed by atoms with Gasteiger partial charge in [-0.3, -0.25) is 9.69 Å². The van der Waals surface area contributed by atoms with Crippen LogP contribution in [0.25, 0.3) is 0 Å². The zero-order valence-electron chi connectivity index (χ0n) is 10.0. The molecule has 0 bridgehead atoms. The molecule has 0 saturated carbocycles. The molecular formula is C11H23NO2. The molecule has 0 aliphatic carbocycles.